The molecule has 2 N–H and O–H groups in total. The fourth-order valence-corrected chi connectivity index (χ4v) is 3.21. The van der Waals surface area contributed by atoms with Gasteiger partial charge in [-0.15, -0.1) is 0 Å². The van der Waals surface area contributed by atoms with Gasteiger partial charge >= 0.3 is 0 Å². The molecule has 0 aliphatic heterocycles. The van der Waals surface area contributed by atoms with Gasteiger partial charge in [0.05, 0.1) is 0 Å². The Labute approximate surface area is 128 Å². The van der Waals surface area contributed by atoms with E-state index in [1.807, 2.05) is 11.0 Å². The maximum atomic E-state index is 12.5. The summed E-state index contributed by atoms with van der Waals surface area (Å²) in [5.41, 5.74) is 7.45. The second kappa shape index (κ2) is 8.18. The van der Waals surface area contributed by atoms with Crippen LogP contribution in [-0.4, -0.2) is 29.9 Å². The zero-order valence-electron chi connectivity index (χ0n) is 13.1. The molecule has 0 heterocycles. The summed E-state index contributed by atoms with van der Waals surface area (Å²) in [5, 5.41) is 0. The molecule has 0 spiro atoms. The molecule has 2 unspecified atom stereocenters. The predicted octanol–water partition coefficient (Wildman–Crippen LogP) is 2.99. The number of rotatable bonds is 6. The lowest BCUT2D eigenvalue weighted by molar-refractivity contribution is -0.132. The molecule has 0 saturated heterocycles. The molecular weight excluding hydrogens is 260 g/mol. The van der Waals surface area contributed by atoms with Crippen LogP contribution in [0.15, 0.2) is 30.3 Å². The lowest BCUT2D eigenvalue weighted by Crippen LogP contribution is -2.39. The van der Waals surface area contributed by atoms with E-state index in [-0.39, 0.29) is 11.9 Å². The minimum Gasteiger partial charge on any atom is -0.343 e. The van der Waals surface area contributed by atoms with Crippen LogP contribution in [-0.2, 0) is 11.2 Å². The Hall–Kier alpha value is -1.35. The van der Waals surface area contributed by atoms with Gasteiger partial charge in [0.1, 0.15) is 0 Å². The molecule has 3 heteroatoms. The Balaban J connectivity index is 1.83. The molecule has 0 aromatic heterocycles. The molecule has 116 valence electrons. The minimum absolute atomic E-state index is 0.218. The molecule has 0 radical (unpaired) electrons. The highest BCUT2D eigenvalue weighted by molar-refractivity contribution is 5.76. The van der Waals surface area contributed by atoms with Crippen LogP contribution in [0.2, 0.25) is 0 Å². The third-order valence-corrected chi connectivity index (χ3v) is 4.65. The largest absolute Gasteiger partial charge is 0.343 e. The molecule has 0 bridgehead atoms. The second-order valence-electron chi connectivity index (χ2n) is 6.12. The molecule has 1 fully saturated rings. The Morgan fingerprint density at radius 2 is 1.95 bits per heavy atom. The molecule has 1 aromatic rings. The average Bonchev–Trinajstić information content (AvgIpc) is 2.51. The first-order chi connectivity index (χ1) is 10.2. The number of carbonyl (C=O) groups is 1. The number of benzene rings is 1. The number of carbonyl (C=O) groups excluding carboxylic acids is 1. The van der Waals surface area contributed by atoms with E-state index in [0.717, 1.165) is 32.4 Å². The van der Waals surface area contributed by atoms with Crippen molar-refractivity contribution in [1.29, 1.82) is 0 Å². The van der Waals surface area contributed by atoms with E-state index >= 15 is 0 Å². The van der Waals surface area contributed by atoms with Gasteiger partial charge in [-0.2, -0.15) is 0 Å². The van der Waals surface area contributed by atoms with Crippen LogP contribution in [0, 0.1) is 5.92 Å². The van der Waals surface area contributed by atoms with Crippen LogP contribution >= 0.6 is 0 Å². The van der Waals surface area contributed by atoms with Gasteiger partial charge in [0, 0.05) is 25.6 Å². The van der Waals surface area contributed by atoms with Crippen LogP contribution in [0.5, 0.6) is 0 Å². The SMILES string of the molecule is CCN(CCc1ccccc1)C(=O)CC1CCCCC1N. The van der Waals surface area contributed by atoms with Crippen molar-refractivity contribution < 1.29 is 4.79 Å². The molecule has 1 aliphatic carbocycles. The summed E-state index contributed by atoms with van der Waals surface area (Å²) in [6.45, 7) is 3.65. The molecule has 3 nitrogen and oxygen atoms in total. The molecular formula is C18H28N2O. The van der Waals surface area contributed by atoms with Crippen LogP contribution < -0.4 is 5.73 Å². The molecule has 2 atom stereocenters. The van der Waals surface area contributed by atoms with Crippen LogP contribution in [0.1, 0.15) is 44.6 Å². The maximum Gasteiger partial charge on any atom is 0.222 e. The Kier molecular flexibility index (Phi) is 6.24. The van der Waals surface area contributed by atoms with Crippen LogP contribution in [0.3, 0.4) is 0 Å². The smallest absolute Gasteiger partial charge is 0.222 e. The van der Waals surface area contributed by atoms with Crippen molar-refractivity contribution >= 4 is 5.91 Å². The van der Waals surface area contributed by atoms with Gasteiger partial charge in [0.15, 0.2) is 0 Å². The van der Waals surface area contributed by atoms with Gasteiger partial charge in [0.2, 0.25) is 5.91 Å². The second-order valence-corrected chi connectivity index (χ2v) is 6.12. The van der Waals surface area contributed by atoms with Gasteiger partial charge < -0.3 is 10.6 Å². The monoisotopic (exact) mass is 288 g/mol. The standard InChI is InChI=1S/C18H28N2O/c1-2-20(13-12-15-8-4-3-5-9-15)18(21)14-16-10-6-7-11-17(16)19/h3-5,8-9,16-17H,2,6-7,10-14,19H2,1H3. The van der Waals surface area contributed by atoms with E-state index < -0.39 is 0 Å². The summed E-state index contributed by atoms with van der Waals surface area (Å²) in [6, 6.07) is 10.6. The van der Waals surface area contributed by atoms with Gasteiger partial charge in [-0.25, -0.2) is 0 Å². The number of amides is 1. The van der Waals surface area contributed by atoms with Crippen molar-refractivity contribution in [3.63, 3.8) is 0 Å². The Bertz CT molecular complexity index is 432. The molecule has 1 aliphatic rings. The van der Waals surface area contributed by atoms with E-state index in [2.05, 4.69) is 31.2 Å². The fraction of sp³-hybridized carbons (Fsp3) is 0.611. The van der Waals surface area contributed by atoms with E-state index in [9.17, 15) is 4.79 Å². The Morgan fingerprint density at radius 3 is 2.62 bits per heavy atom. The first-order valence-electron chi connectivity index (χ1n) is 8.28. The zero-order chi connectivity index (χ0) is 15.1. The normalized spacial score (nSPS) is 22.0. The highest BCUT2D eigenvalue weighted by atomic mass is 16.2. The summed E-state index contributed by atoms with van der Waals surface area (Å²) in [7, 11) is 0. The van der Waals surface area contributed by atoms with E-state index in [1.54, 1.807) is 0 Å². The summed E-state index contributed by atoms with van der Waals surface area (Å²) < 4.78 is 0. The zero-order valence-corrected chi connectivity index (χ0v) is 13.1. The van der Waals surface area contributed by atoms with Crippen LogP contribution in [0.4, 0.5) is 0 Å². The number of nitrogens with two attached hydrogens (primary N) is 1. The van der Waals surface area contributed by atoms with Crippen molar-refractivity contribution in [3.8, 4) is 0 Å². The number of likely N-dealkylation sites (N-methyl/N-ethyl adjacent to an activating group) is 1. The fourth-order valence-electron chi connectivity index (χ4n) is 3.21. The molecule has 1 saturated carbocycles. The van der Waals surface area contributed by atoms with Gasteiger partial charge in [-0.05, 0) is 37.7 Å². The van der Waals surface area contributed by atoms with Gasteiger partial charge in [-0.1, -0.05) is 43.2 Å². The quantitative estimate of drug-likeness (QED) is 0.874. The van der Waals surface area contributed by atoms with Gasteiger partial charge in [-0.3, -0.25) is 4.79 Å². The third-order valence-electron chi connectivity index (χ3n) is 4.65. The summed E-state index contributed by atoms with van der Waals surface area (Å²) in [6.07, 6.45) is 6.19. The van der Waals surface area contributed by atoms with Crippen molar-refractivity contribution in [3.05, 3.63) is 35.9 Å². The lowest BCUT2D eigenvalue weighted by atomic mass is 9.82. The minimum atomic E-state index is 0.218. The molecule has 1 aromatic carbocycles. The van der Waals surface area contributed by atoms with Crippen molar-refractivity contribution in [2.45, 2.75) is 51.5 Å². The highest BCUT2D eigenvalue weighted by Crippen LogP contribution is 2.26. The summed E-state index contributed by atoms with van der Waals surface area (Å²) >= 11 is 0. The number of nitrogens with zero attached hydrogens (tertiary/aromatic N) is 1. The van der Waals surface area contributed by atoms with E-state index in [4.69, 9.17) is 5.73 Å². The number of hydrogen-bond donors (Lipinski definition) is 1. The maximum absolute atomic E-state index is 12.5. The Morgan fingerprint density at radius 1 is 1.24 bits per heavy atom. The van der Waals surface area contributed by atoms with Gasteiger partial charge in [0.25, 0.3) is 0 Å². The number of hydrogen-bond acceptors (Lipinski definition) is 2. The predicted molar refractivity (Wildman–Crippen MR) is 87.0 cm³/mol. The lowest BCUT2D eigenvalue weighted by Gasteiger charge is -2.30. The summed E-state index contributed by atoms with van der Waals surface area (Å²) in [5.74, 6) is 0.660. The van der Waals surface area contributed by atoms with E-state index in [1.165, 1.54) is 18.4 Å². The highest BCUT2D eigenvalue weighted by Gasteiger charge is 2.25. The molecule has 21 heavy (non-hydrogen) atoms. The summed E-state index contributed by atoms with van der Waals surface area (Å²) in [4.78, 5) is 14.5. The molecule has 2 rings (SSSR count). The van der Waals surface area contributed by atoms with Crippen molar-refractivity contribution in [1.82, 2.24) is 4.90 Å². The average molecular weight is 288 g/mol. The van der Waals surface area contributed by atoms with Crippen molar-refractivity contribution in [2.75, 3.05) is 13.1 Å². The van der Waals surface area contributed by atoms with E-state index in [0.29, 0.717) is 12.3 Å². The first kappa shape index (κ1) is 16.0. The molecule has 1 amide bonds. The topological polar surface area (TPSA) is 46.3 Å². The first-order valence-corrected chi connectivity index (χ1v) is 8.28. The van der Waals surface area contributed by atoms with Crippen LogP contribution in [0.25, 0.3) is 0 Å². The third kappa shape index (κ3) is 4.85. The van der Waals surface area contributed by atoms with Crippen molar-refractivity contribution in [2.24, 2.45) is 11.7 Å².